The van der Waals surface area contributed by atoms with E-state index >= 15 is 0 Å². The van der Waals surface area contributed by atoms with Gasteiger partial charge in [-0.1, -0.05) is 0 Å². The van der Waals surface area contributed by atoms with Crippen LogP contribution in [0.1, 0.15) is 24.6 Å². The third kappa shape index (κ3) is 5.18. The molecule has 0 saturated carbocycles. The fourth-order valence-corrected chi connectivity index (χ4v) is 3.12. The van der Waals surface area contributed by atoms with Gasteiger partial charge >= 0.3 is 5.97 Å². The molecular formula is C12H16BrNO3S. The zero-order valence-electron chi connectivity index (χ0n) is 10.2. The Hall–Kier alpha value is -0.880. The van der Waals surface area contributed by atoms with Crippen LogP contribution in [0.15, 0.2) is 15.9 Å². The quantitative estimate of drug-likeness (QED) is 0.834. The van der Waals surface area contributed by atoms with Crippen molar-refractivity contribution in [1.29, 1.82) is 0 Å². The van der Waals surface area contributed by atoms with E-state index in [1.165, 1.54) is 9.78 Å². The van der Waals surface area contributed by atoms with Gasteiger partial charge in [-0.3, -0.25) is 9.59 Å². The third-order valence-electron chi connectivity index (χ3n) is 2.50. The molecule has 1 aromatic rings. The molecule has 1 heterocycles. The number of aryl methyl sites for hydroxylation is 1. The van der Waals surface area contributed by atoms with Crippen LogP contribution in [0, 0.1) is 0 Å². The standard InChI is InChI=1S/C12H16BrNO3S/c1-2-14(8-12(16)17)11(15)5-3-4-9-6-7-10(13)18-9/h6-7H,2-5,8H2,1H3,(H,16,17). The van der Waals surface area contributed by atoms with Gasteiger partial charge < -0.3 is 10.0 Å². The van der Waals surface area contributed by atoms with Gasteiger partial charge in [0.15, 0.2) is 0 Å². The van der Waals surface area contributed by atoms with Gasteiger partial charge in [0.2, 0.25) is 5.91 Å². The van der Waals surface area contributed by atoms with Crippen LogP contribution in [0.5, 0.6) is 0 Å². The zero-order chi connectivity index (χ0) is 13.5. The average Bonchev–Trinajstić information content (AvgIpc) is 2.71. The number of carboxylic acid groups (broad SMARTS) is 1. The third-order valence-corrected chi connectivity index (χ3v) is 4.19. The van der Waals surface area contributed by atoms with Crippen molar-refractivity contribution in [2.75, 3.05) is 13.1 Å². The van der Waals surface area contributed by atoms with E-state index in [9.17, 15) is 9.59 Å². The average molecular weight is 334 g/mol. The van der Waals surface area contributed by atoms with E-state index in [1.54, 1.807) is 18.3 Å². The molecule has 0 aromatic carbocycles. The Balaban J connectivity index is 2.33. The van der Waals surface area contributed by atoms with Crippen molar-refractivity contribution in [2.45, 2.75) is 26.2 Å². The summed E-state index contributed by atoms with van der Waals surface area (Å²) in [6, 6.07) is 4.03. The second kappa shape index (κ2) is 7.53. The Morgan fingerprint density at radius 2 is 2.17 bits per heavy atom. The lowest BCUT2D eigenvalue weighted by molar-refractivity contribution is -0.144. The number of halogens is 1. The predicted molar refractivity (Wildman–Crippen MR) is 74.8 cm³/mol. The summed E-state index contributed by atoms with van der Waals surface area (Å²) >= 11 is 5.05. The van der Waals surface area contributed by atoms with Crippen molar-refractivity contribution < 1.29 is 14.7 Å². The van der Waals surface area contributed by atoms with Crippen LogP contribution in [0.25, 0.3) is 0 Å². The van der Waals surface area contributed by atoms with Gasteiger partial charge in [0.1, 0.15) is 6.54 Å². The molecule has 0 fully saturated rings. The van der Waals surface area contributed by atoms with Crippen LogP contribution in [-0.2, 0) is 16.0 Å². The summed E-state index contributed by atoms with van der Waals surface area (Å²) in [5.74, 6) is -1.05. The molecule has 0 atom stereocenters. The van der Waals surface area contributed by atoms with Crippen molar-refractivity contribution in [3.8, 4) is 0 Å². The normalized spacial score (nSPS) is 10.3. The molecule has 1 N–H and O–H groups in total. The van der Waals surface area contributed by atoms with E-state index in [-0.39, 0.29) is 12.5 Å². The van der Waals surface area contributed by atoms with Crippen LogP contribution in [0.4, 0.5) is 0 Å². The van der Waals surface area contributed by atoms with Crippen molar-refractivity contribution in [3.05, 3.63) is 20.8 Å². The number of aliphatic carboxylic acids is 1. The molecule has 18 heavy (non-hydrogen) atoms. The van der Waals surface area contributed by atoms with E-state index in [4.69, 9.17) is 5.11 Å². The lowest BCUT2D eigenvalue weighted by Crippen LogP contribution is -2.35. The number of amides is 1. The van der Waals surface area contributed by atoms with E-state index in [2.05, 4.69) is 15.9 Å². The maximum absolute atomic E-state index is 11.8. The second-order valence-corrected chi connectivity index (χ2v) is 6.41. The number of thiophene rings is 1. The summed E-state index contributed by atoms with van der Waals surface area (Å²) < 4.78 is 1.09. The Kier molecular flexibility index (Phi) is 6.35. The fourth-order valence-electron chi connectivity index (χ4n) is 1.60. The number of hydrogen-bond acceptors (Lipinski definition) is 3. The minimum absolute atomic E-state index is 0.0875. The topological polar surface area (TPSA) is 57.6 Å². The maximum Gasteiger partial charge on any atom is 0.323 e. The van der Waals surface area contributed by atoms with Crippen LogP contribution < -0.4 is 0 Å². The summed E-state index contributed by atoms with van der Waals surface area (Å²) in [5.41, 5.74) is 0. The van der Waals surface area contributed by atoms with Crippen LogP contribution >= 0.6 is 27.3 Å². The van der Waals surface area contributed by atoms with Gasteiger partial charge in [-0.25, -0.2) is 0 Å². The molecule has 1 aromatic heterocycles. The molecule has 1 rings (SSSR count). The van der Waals surface area contributed by atoms with Crippen molar-refractivity contribution in [1.82, 2.24) is 4.90 Å². The first-order valence-corrected chi connectivity index (χ1v) is 7.37. The molecule has 6 heteroatoms. The molecule has 0 bridgehead atoms. The number of likely N-dealkylation sites (N-methyl/N-ethyl adjacent to an activating group) is 1. The Morgan fingerprint density at radius 1 is 1.44 bits per heavy atom. The Morgan fingerprint density at radius 3 is 2.67 bits per heavy atom. The second-order valence-electron chi connectivity index (χ2n) is 3.86. The van der Waals surface area contributed by atoms with E-state index < -0.39 is 5.97 Å². The summed E-state index contributed by atoms with van der Waals surface area (Å²) in [4.78, 5) is 24.9. The molecule has 0 aliphatic carbocycles. The summed E-state index contributed by atoms with van der Waals surface area (Å²) in [5, 5.41) is 8.67. The molecule has 0 aliphatic rings. The zero-order valence-corrected chi connectivity index (χ0v) is 12.6. The van der Waals surface area contributed by atoms with Crippen LogP contribution in [-0.4, -0.2) is 35.0 Å². The molecule has 0 aliphatic heterocycles. The van der Waals surface area contributed by atoms with Crippen molar-refractivity contribution >= 4 is 39.1 Å². The minimum atomic E-state index is -0.965. The fraction of sp³-hybridized carbons (Fsp3) is 0.500. The number of rotatable bonds is 7. The highest BCUT2D eigenvalue weighted by Crippen LogP contribution is 2.23. The number of carbonyl (C=O) groups is 2. The highest BCUT2D eigenvalue weighted by Gasteiger charge is 2.14. The lowest BCUT2D eigenvalue weighted by Gasteiger charge is -2.18. The van der Waals surface area contributed by atoms with Gasteiger partial charge in [0, 0.05) is 17.8 Å². The molecule has 0 radical (unpaired) electrons. The summed E-state index contributed by atoms with van der Waals surface area (Å²) in [6.07, 6.45) is 2.01. The van der Waals surface area contributed by atoms with E-state index in [0.717, 1.165) is 16.6 Å². The Labute approximate surface area is 119 Å². The highest BCUT2D eigenvalue weighted by molar-refractivity contribution is 9.11. The van der Waals surface area contributed by atoms with Crippen molar-refractivity contribution in [2.24, 2.45) is 0 Å². The largest absolute Gasteiger partial charge is 0.480 e. The number of hydrogen-bond donors (Lipinski definition) is 1. The van der Waals surface area contributed by atoms with Gasteiger partial charge in [-0.15, -0.1) is 11.3 Å². The first-order valence-electron chi connectivity index (χ1n) is 5.76. The number of carbonyl (C=O) groups excluding carboxylic acids is 1. The minimum Gasteiger partial charge on any atom is -0.480 e. The SMILES string of the molecule is CCN(CC(=O)O)C(=O)CCCc1ccc(Br)s1. The number of nitrogens with zero attached hydrogens (tertiary/aromatic N) is 1. The van der Waals surface area contributed by atoms with Crippen LogP contribution in [0.3, 0.4) is 0 Å². The van der Waals surface area contributed by atoms with E-state index in [0.29, 0.717) is 13.0 Å². The van der Waals surface area contributed by atoms with Gasteiger partial charge in [-0.2, -0.15) is 0 Å². The van der Waals surface area contributed by atoms with Crippen LogP contribution in [0.2, 0.25) is 0 Å². The monoisotopic (exact) mass is 333 g/mol. The van der Waals surface area contributed by atoms with Gasteiger partial charge in [0.05, 0.1) is 3.79 Å². The van der Waals surface area contributed by atoms with Gasteiger partial charge in [-0.05, 0) is 47.8 Å². The lowest BCUT2D eigenvalue weighted by atomic mass is 10.2. The van der Waals surface area contributed by atoms with Gasteiger partial charge in [0.25, 0.3) is 0 Å². The molecule has 0 saturated heterocycles. The smallest absolute Gasteiger partial charge is 0.323 e. The molecular weight excluding hydrogens is 318 g/mol. The molecule has 0 spiro atoms. The highest BCUT2D eigenvalue weighted by atomic mass is 79.9. The first kappa shape index (κ1) is 15.2. The molecule has 4 nitrogen and oxygen atoms in total. The summed E-state index contributed by atoms with van der Waals surface area (Å²) in [7, 11) is 0. The van der Waals surface area contributed by atoms with Crippen molar-refractivity contribution in [3.63, 3.8) is 0 Å². The molecule has 0 unspecified atom stereocenters. The number of carboxylic acids is 1. The van der Waals surface area contributed by atoms with E-state index in [1.807, 2.05) is 12.1 Å². The summed E-state index contributed by atoms with van der Waals surface area (Å²) in [6.45, 7) is 2.02. The molecule has 1 amide bonds. The molecule has 100 valence electrons. The predicted octanol–water partition coefficient (Wildman–Crippen LogP) is 2.77. The first-order chi connectivity index (χ1) is 8.52. The maximum atomic E-state index is 11.8. The Bertz CT molecular complexity index is 419.